The maximum absolute atomic E-state index is 13.5. The van der Waals surface area contributed by atoms with Gasteiger partial charge in [-0.05, 0) is 84.4 Å². The first-order valence-electron chi connectivity index (χ1n) is 15.3. The highest BCUT2D eigenvalue weighted by molar-refractivity contribution is 7.98. The average Bonchev–Trinajstić information content (AvgIpc) is 3.35. The van der Waals surface area contributed by atoms with Crippen molar-refractivity contribution in [3.8, 4) is 11.1 Å². The van der Waals surface area contributed by atoms with Gasteiger partial charge in [-0.3, -0.25) is 9.69 Å². The minimum atomic E-state index is -1.00. The maximum atomic E-state index is 13.5. The zero-order valence-electron chi connectivity index (χ0n) is 25.1. The van der Waals surface area contributed by atoms with E-state index in [4.69, 9.17) is 4.74 Å². The van der Waals surface area contributed by atoms with Gasteiger partial charge >= 0.3 is 5.97 Å². The third kappa shape index (κ3) is 8.82. The van der Waals surface area contributed by atoms with Gasteiger partial charge < -0.3 is 15.2 Å². The summed E-state index contributed by atoms with van der Waals surface area (Å²) in [6, 6.07) is 13.6. The third-order valence-corrected chi connectivity index (χ3v) is 9.69. The van der Waals surface area contributed by atoms with Crippen molar-refractivity contribution in [2.75, 3.05) is 32.3 Å². The standard InChI is InChI=1S/C34H48N2O4S/c1-24-9-7-8-12-29(24)31-20-27(15-16-30(31)33(37)35-32(34(38)39)17-18-41-3)22-36-21-26(19-28(36)23-40-2)14-13-25-10-5-4-6-11-25/h7-9,12,15-16,20,25-26,28,32H,4-6,10-11,13-14,17-19,21-23H2,1-3H3,(H,35,37)(H,38,39)/t26-,28-,32+/m1/s1. The predicted molar refractivity (Wildman–Crippen MR) is 168 cm³/mol. The van der Waals surface area contributed by atoms with Gasteiger partial charge in [0.05, 0.1) is 6.61 Å². The van der Waals surface area contributed by atoms with E-state index in [1.165, 1.54) is 51.4 Å². The highest BCUT2D eigenvalue weighted by Crippen LogP contribution is 2.35. The molecule has 2 aromatic rings. The van der Waals surface area contributed by atoms with Gasteiger partial charge in [-0.2, -0.15) is 11.8 Å². The van der Waals surface area contributed by atoms with Gasteiger partial charge in [-0.1, -0.05) is 68.9 Å². The SMILES string of the molecule is COC[C@H]1C[C@@H](CCC2CCCCC2)CN1Cc1ccc(C(=O)N[C@@H](CCSC)C(=O)O)c(-c2ccccc2C)c1. The van der Waals surface area contributed by atoms with Crippen molar-refractivity contribution in [2.45, 2.75) is 83.3 Å². The van der Waals surface area contributed by atoms with Crippen LogP contribution in [0.2, 0.25) is 0 Å². The maximum Gasteiger partial charge on any atom is 0.326 e. The lowest BCUT2D eigenvalue weighted by Crippen LogP contribution is -2.41. The van der Waals surface area contributed by atoms with Crippen LogP contribution in [-0.2, 0) is 16.1 Å². The summed E-state index contributed by atoms with van der Waals surface area (Å²) in [5.41, 5.74) is 4.60. The second-order valence-electron chi connectivity index (χ2n) is 12.1. The molecule has 0 unspecified atom stereocenters. The van der Waals surface area contributed by atoms with Crippen LogP contribution in [0, 0.1) is 18.8 Å². The molecule has 1 amide bonds. The zero-order valence-corrected chi connectivity index (χ0v) is 25.9. The van der Waals surface area contributed by atoms with Crippen LogP contribution in [0.1, 0.15) is 79.3 Å². The number of methoxy groups -OCH3 is 1. The molecule has 2 fully saturated rings. The average molecular weight is 581 g/mol. The van der Waals surface area contributed by atoms with Gasteiger partial charge in [0.15, 0.2) is 0 Å². The number of amides is 1. The molecule has 2 aromatic carbocycles. The van der Waals surface area contributed by atoms with Crippen LogP contribution in [0.5, 0.6) is 0 Å². The molecular weight excluding hydrogens is 532 g/mol. The fourth-order valence-electron chi connectivity index (χ4n) is 6.75. The second-order valence-corrected chi connectivity index (χ2v) is 13.0. The number of carbonyl (C=O) groups excluding carboxylic acids is 1. The van der Waals surface area contributed by atoms with Gasteiger partial charge in [0.2, 0.25) is 0 Å². The van der Waals surface area contributed by atoms with Gasteiger partial charge in [0.1, 0.15) is 6.04 Å². The van der Waals surface area contributed by atoms with Gasteiger partial charge in [0, 0.05) is 31.8 Å². The summed E-state index contributed by atoms with van der Waals surface area (Å²) in [4.78, 5) is 27.9. The normalized spacial score (nSPS) is 20.7. The second kappa shape index (κ2) is 15.8. The summed E-state index contributed by atoms with van der Waals surface area (Å²) in [6.07, 6.45) is 13.2. The van der Waals surface area contributed by atoms with Crippen LogP contribution in [0.4, 0.5) is 0 Å². The molecule has 2 N–H and O–H groups in total. The first-order chi connectivity index (χ1) is 19.9. The van der Waals surface area contributed by atoms with Gasteiger partial charge in [-0.15, -0.1) is 0 Å². The van der Waals surface area contributed by atoms with Crippen LogP contribution in [0.25, 0.3) is 11.1 Å². The summed E-state index contributed by atoms with van der Waals surface area (Å²) in [5, 5.41) is 12.5. The molecule has 6 nitrogen and oxygen atoms in total. The summed E-state index contributed by atoms with van der Waals surface area (Å²) >= 11 is 1.57. The summed E-state index contributed by atoms with van der Waals surface area (Å²) in [6.45, 7) is 4.67. The Morgan fingerprint density at radius 1 is 1.07 bits per heavy atom. The molecule has 0 bridgehead atoms. The van der Waals surface area contributed by atoms with Crippen molar-refractivity contribution in [2.24, 2.45) is 11.8 Å². The number of likely N-dealkylation sites (tertiary alicyclic amines) is 1. The van der Waals surface area contributed by atoms with E-state index in [9.17, 15) is 14.7 Å². The molecule has 1 aliphatic heterocycles. The van der Waals surface area contributed by atoms with E-state index >= 15 is 0 Å². The minimum Gasteiger partial charge on any atom is -0.480 e. The molecular formula is C34H48N2O4S. The lowest BCUT2D eigenvalue weighted by Gasteiger charge is -2.25. The predicted octanol–water partition coefficient (Wildman–Crippen LogP) is 6.80. The van der Waals surface area contributed by atoms with Crippen molar-refractivity contribution >= 4 is 23.6 Å². The van der Waals surface area contributed by atoms with E-state index in [1.807, 2.05) is 49.6 Å². The van der Waals surface area contributed by atoms with Crippen molar-refractivity contribution in [3.05, 3.63) is 59.2 Å². The number of nitrogens with one attached hydrogen (secondary N) is 1. The lowest BCUT2D eigenvalue weighted by atomic mass is 9.84. The molecule has 3 atom stereocenters. The quantitative estimate of drug-likeness (QED) is 0.256. The Labute approximate surface area is 250 Å². The molecule has 4 rings (SSSR count). The van der Waals surface area contributed by atoms with Crippen LogP contribution in [-0.4, -0.2) is 66.2 Å². The molecule has 7 heteroatoms. The monoisotopic (exact) mass is 580 g/mol. The van der Waals surface area contributed by atoms with Crippen molar-refractivity contribution < 1.29 is 19.4 Å². The summed E-state index contributed by atoms with van der Waals surface area (Å²) in [7, 11) is 1.79. The highest BCUT2D eigenvalue weighted by atomic mass is 32.2. The van der Waals surface area contributed by atoms with E-state index in [0.717, 1.165) is 47.9 Å². The highest BCUT2D eigenvalue weighted by Gasteiger charge is 2.32. The number of carboxylic acid groups (broad SMARTS) is 1. The Morgan fingerprint density at radius 3 is 2.54 bits per heavy atom. The Balaban J connectivity index is 1.53. The number of aliphatic carboxylic acids is 1. The number of benzene rings is 2. The lowest BCUT2D eigenvalue weighted by molar-refractivity contribution is -0.139. The molecule has 2 aliphatic rings. The Kier molecular flexibility index (Phi) is 12.1. The fourth-order valence-corrected chi connectivity index (χ4v) is 7.23. The number of hydrogen-bond acceptors (Lipinski definition) is 5. The molecule has 0 spiro atoms. The molecule has 1 saturated carbocycles. The summed E-state index contributed by atoms with van der Waals surface area (Å²) < 4.78 is 5.64. The van der Waals surface area contributed by atoms with Crippen LogP contribution < -0.4 is 5.32 Å². The van der Waals surface area contributed by atoms with Gasteiger partial charge in [0.25, 0.3) is 5.91 Å². The van der Waals surface area contributed by atoms with Crippen LogP contribution >= 0.6 is 11.8 Å². The minimum absolute atomic E-state index is 0.343. The number of ether oxygens (including phenoxy) is 1. The van der Waals surface area contributed by atoms with E-state index in [0.29, 0.717) is 29.7 Å². The number of carboxylic acids is 1. The molecule has 0 radical (unpaired) electrons. The number of carbonyl (C=O) groups is 2. The zero-order chi connectivity index (χ0) is 29.2. The molecule has 224 valence electrons. The van der Waals surface area contributed by atoms with E-state index in [2.05, 4.69) is 16.3 Å². The molecule has 1 aliphatic carbocycles. The largest absolute Gasteiger partial charge is 0.480 e. The van der Waals surface area contributed by atoms with Crippen molar-refractivity contribution in [3.63, 3.8) is 0 Å². The van der Waals surface area contributed by atoms with Crippen molar-refractivity contribution in [1.82, 2.24) is 10.2 Å². The first-order valence-corrected chi connectivity index (χ1v) is 16.7. The number of nitrogens with zero attached hydrogens (tertiary/aromatic N) is 1. The molecule has 41 heavy (non-hydrogen) atoms. The number of aryl methyl sites for hydroxylation is 1. The number of hydrogen-bond donors (Lipinski definition) is 2. The Hall–Kier alpha value is -2.35. The smallest absolute Gasteiger partial charge is 0.326 e. The summed E-state index contributed by atoms with van der Waals surface area (Å²) in [5.74, 6) is 0.936. The van der Waals surface area contributed by atoms with E-state index in [1.54, 1.807) is 18.9 Å². The molecule has 1 saturated heterocycles. The molecule has 0 aromatic heterocycles. The van der Waals surface area contributed by atoms with Gasteiger partial charge in [-0.25, -0.2) is 4.79 Å². The number of rotatable bonds is 14. The topological polar surface area (TPSA) is 78.9 Å². The van der Waals surface area contributed by atoms with E-state index in [-0.39, 0.29) is 5.91 Å². The van der Waals surface area contributed by atoms with E-state index < -0.39 is 12.0 Å². The van der Waals surface area contributed by atoms with Crippen molar-refractivity contribution in [1.29, 1.82) is 0 Å². The fraction of sp³-hybridized carbons (Fsp3) is 0.588. The first kappa shape index (κ1) is 31.6. The van der Waals surface area contributed by atoms with Crippen LogP contribution in [0.15, 0.2) is 42.5 Å². The van der Waals surface area contributed by atoms with Crippen LogP contribution in [0.3, 0.4) is 0 Å². The third-order valence-electron chi connectivity index (χ3n) is 9.05. The molecule has 1 heterocycles. The Bertz CT molecular complexity index is 1150. The number of thioether (sulfide) groups is 1. The Morgan fingerprint density at radius 2 is 1.83 bits per heavy atom.